The molecule has 96 valence electrons. The van der Waals surface area contributed by atoms with Crippen LogP contribution in [-0.4, -0.2) is 19.6 Å². The van der Waals surface area contributed by atoms with E-state index in [4.69, 9.17) is 11.6 Å². The molecule has 0 amide bonds. The molecule has 0 unspecified atom stereocenters. The number of fused-ring (bicyclic) bond motifs is 1. The molecule has 0 spiro atoms. The van der Waals surface area contributed by atoms with Crippen LogP contribution in [0.5, 0.6) is 0 Å². The second-order valence-corrected chi connectivity index (χ2v) is 4.35. The summed E-state index contributed by atoms with van der Waals surface area (Å²) in [5.41, 5.74) is 0.455. The fourth-order valence-corrected chi connectivity index (χ4v) is 2.12. The zero-order valence-corrected chi connectivity index (χ0v) is 10.5. The monoisotopic (exact) mass is 280 g/mol. The summed E-state index contributed by atoms with van der Waals surface area (Å²) in [6.45, 7) is 1.68. The third kappa shape index (κ3) is 1.94. The van der Waals surface area contributed by atoms with Crippen molar-refractivity contribution in [1.82, 2.24) is 19.6 Å². The van der Waals surface area contributed by atoms with Crippen LogP contribution in [-0.2, 0) is 0 Å². The first-order chi connectivity index (χ1) is 9.06. The lowest BCUT2D eigenvalue weighted by Crippen LogP contribution is -1.99. The highest BCUT2D eigenvalue weighted by atomic mass is 35.5. The molecule has 0 atom stereocenters. The van der Waals surface area contributed by atoms with Gasteiger partial charge in [0.15, 0.2) is 11.5 Å². The molecule has 2 aromatic heterocycles. The van der Waals surface area contributed by atoms with Crippen LogP contribution in [0.15, 0.2) is 24.3 Å². The van der Waals surface area contributed by atoms with Crippen molar-refractivity contribution in [3.05, 3.63) is 46.9 Å². The normalized spacial score (nSPS) is 11.2. The van der Waals surface area contributed by atoms with Gasteiger partial charge in [0.25, 0.3) is 0 Å². The first-order valence-corrected chi connectivity index (χ1v) is 5.78. The van der Waals surface area contributed by atoms with E-state index in [9.17, 15) is 8.78 Å². The summed E-state index contributed by atoms with van der Waals surface area (Å²) >= 11 is 5.81. The van der Waals surface area contributed by atoms with Crippen molar-refractivity contribution in [2.24, 2.45) is 0 Å². The van der Waals surface area contributed by atoms with Gasteiger partial charge in [0, 0.05) is 6.07 Å². The molecule has 0 N–H and O–H groups in total. The molecule has 1 aromatic carbocycles. The van der Waals surface area contributed by atoms with E-state index in [2.05, 4.69) is 15.2 Å². The molecule has 0 aliphatic carbocycles. The van der Waals surface area contributed by atoms with E-state index in [0.29, 0.717) is 11.5 Å². The lowest BCUT2D eigenvalue weighted by molar-refractivity contribution is 0.601. The zero-order chi connectivity index (χ0) is 13.6. The topological polar surface area (TPSA) is 43.1 Å². The molecule has 0 fully saturated rings. The van der Waals surface area contributed by atoms with E-state index in [1.807, 2.05) is 0 Å². The molecule has 0 radical (unpaired) electrons. The molecular formula is C12H7ClF2N4. The van der Waals surface area contributed by atoms with Gasteiger partial charge < -0.3 is 0 Å². The smallest absolute Gasteiger partial charge is 0.172 e. The van der Waals surface area contributed by atoms with E-state index in [1.54, 1.807) is 6.92 Å². The van der Waals surface area contributed by atoms with Gasteiger partial charge in [-0.25, -0.2) is 13.8 Å². The molecule has 0 saturated heterocycles. The van der Waals surface area contributed by atoms with Crippen LogP contribution in [0.1, 0.15) is 5.82 Å². The Bertz CT molecular complexity index is 785. The summed E-state index contributed by atoms with van der Waals surface area (Å²) in [4.78, 5) is 4.04. The second-order valence-electron chi connectivity index (χ2n) is 3.97. The number of aryl methyl sites for hydroxylation is 1. The predicted octanol–water partition coefficient (Wildman–Crippen LogP) is 3.03. The highest BCUT2D eigenvalue weighted by molar-refractivity contribution is 6.29. The summed E-state index contributed by atoms with van der Waals surface area (Å²) in [7, 11) is 0. The molecule has 19 heavy (non-hydrogen) atoms. The van der Waals surface area contributed by atoms with E-state index in [-0.39, 0.29) is 16.5 Å². The maximum Gasteiger partial charge on any atom is 0.172 e. The molecule has 0 aliphatic rings. The Hall–Kier alpha value is -2.08. The SMILES string of the molecule is Cc1nc(Cl)cc2nnc(-c3cc(F)ccc3F)n12. The van der Waals surface area contributed by atoms with Gasteiger partial charge >= 0.3 is 0 Å². The third-order valence-electron chi connectivity index (χ3n) is 2.70. The van der Waals surface area contributed by atoms with Crippen LogP contribution in [0, 0.1) is 18.6 Å². The maximum atomic E-state index is 13.8. The Morgan fingerprint density at radius 1 is 1.16 bits per heavy atom. The number of halogens is 3. The number of hydrogen-bond acceptors (Lipinski definition) is 3. The van der Waals surface area contributed by atoms with Crippen molar-refractivity contribution < 1.29 is 8.78 Å². The standard InChI is InChI=1S/C12H7ClF2N4/c1-6-16-10(13)5-11-17-18-12(19(6)11)8-4-7(14)2-3-9(8)15/h2-5H,1H3. The lowest BCUT2D eigenvalue weighted by atomic mass is 10.2. The highest BCUT2D eigenvalue weighted by Gasteiger charge is 2.15. The molecule has 2 heterocycles. The van der Waals surface area contributed by atoms with Crippen molar-refractivity contribution in [2.45, 2.75) is 6.92 Å². The Labute approximate surface area is 111 Å². The molecule has 0 bridgehead atoms. The van der Waals surface area contributed by atoms with Crippen molar-refractivity contribution in [3.63, 3.8) is 0 Å². The Kier molecular flexibility index (Phi) is 2.67. The lowest BCUT2D eigenvalue weighted by Gasteiger charge is -2.04. The number of nitrogens with zero attached hydrogens (tertiary/aromatic N) is 4. The van der Waals surface area contributed by atoms with Crippen LogP contribution >= 0.6 is 11.6 Å². The van der Waals surface area contributed by atoms with Gasteiger partial charge in [-0.05, 0) is 25.1 Å². The minimum Gasteiger partial charge on any atom is -0.263 e. The first-order valence-electron chi connectivity index (χ1n) is 5.40. The van der Waals surface area contributed by atoms with E-state index in [0.717, 1.165) is 18.2 Å². The van der Waals surface area contributed by atoms with Crippen LogP contribution < -0.4 is 0 Å². The van der Waals surface area contributed by atoms with Crippen molar-refractivity contribution >= 4 is 17.2 Å². The van der Waals surface area contributed by atoms with Gasteiger partial charge in [-0.1, -0.05) is 11.6 Å². The fraction of sp³-hybridized carbons (Fsp3) is 0.0833. The van der Waals surface area contributed by atoms with Gasteiger partial charge in [-0.3, -0.25) is 4.40 Å². The van der Waals surface area contributed by atoms with Gasteiger partial charge in [0.05, 0.1) is 5.56 Å². The van der Waals surface area contributed by atoms with Crippen molar-refractivity contribution in [3.8, 4) is 11.4 Å². The number of rotatable bonds is 1. The summed E-state index contributed by atoms with van der Waals surface area (Å²) in [6.07, 6.45) is 0. The van der Waals surface area contributed by atoms with Crippen molar-refractivity contribution in [1.29, 1.82) is 0 Å². The van der Waals surface area contributed by atoms with Gasteiger partial charge in [-0.15, -0.1) is 10.2 Å². The predicted molar refractivity (Wildman–Crippen MR) is 65.9 cm³/mol. The minimum atomic E-state index is -0.579. The third-order valence-corrected chi connectivity index (χ3v) is 2.89. The van der Waals surface area contributed by atoms with Crippen LogP contribution in [0.4, 0.5) is 8.78 Å². The summed E-state index contributed by atoms with van der Waals surface area (Å²) in [6, 6.07) is 4.66. The zero-order valence-electron chi connectivity index (χ0n) is 9.73. The molecule has 3 rings (SSSR count). The number of benzene rings is 1. The average Bonchev–Trinajstić information content (AvgIpc) is 2.76. The van der Waals surface area contributed by atoms with Gasteiger partial charge in [0.1, 0.15) is 22.6 Å². The van der Waals surface area contributed by atoms with E-state index in [1.165, 1.54) is 10.5 Å². The van der Waals surface area contributed by atoms with Crippen LogP contribution in [0.25, 0.3) is 17.0 Å². The Morgan fingerprint density at radius 2 is 1.95 bits per heavy atom. The molecule has 7 heteroatoms. The highest BCUT2D eigenvalue weighted by Crippen LogP contribution is 2.24. The molecule has 4 nitrogen and oxygen atoms in total. The van der Waals surface area contributed by atoms with E-state index >= 15 is 0 Å². The fourth-order valence-electron chi connectivity index (χ4n) is 1.90. The average molecular weight is 281 g/mol. The number of aromatic nitrogens is 4. The minimum absolute atomic E-state index is 0.0275. The largest absolute Gasteiger partial charge is 0.263 e. The Morgan fingerprint density at radius 3 is 2.74 bits per heavy atom. The number of hydrogen-bond donors (Lipinski definition) is 0. The van der Waals surface area contributed by atoms with Crippen LogP contribution in [0.3, 0.4) is 0 Å². The van der Waals surface area contributed by atoms with E-state index < -0.39 is 11.6 Å². The first kappa shape index (κ1) is 12.0. The quantitative estimate of drug-likeness (QED) is 0.644. The van der Waals surface area contributed by atoms with Crippen LogP contribution in [0.2, 0.25) is 5.15 Å². The Balaban J connectivity index is 2.34. The second kappa shape index (κ2) is 4.24. The molecule has 0 aliphatic heterocycles. The summed E-state index contributed by atoms with van der Waals surface area (Å²) in [5.74, 6) is -0.447. The maximum absolute atomic E-state index is 13.8. The van der Waals surface area contributed by atoms with Gasteiger partial charge in [-0.2, -0.15) is 0 Å². The molecule has 0 saturated carbocycles. The summed E-state index contributed by atoms with van der Waals surface area (Å²) in [5, 5.41) is 8.03. The molecular weight excluding hydrogens is 274 g/mol. The van der Waals surface area contributed by atoms with Crippen molar-refractivity contribution in [2.75, 3.05) is 0 Å². The summed E-state index contributed by atoms with van der Waals surface area (Å²) < 4.78 is 28.5. The van der Waals surface area contributed by atoms with Gasteiger partial charge in [0.2, 0.25) is 0 Å². The molecule has 3 aromatic rings.